The number of halogens is 7. The molecule has 0 heterocycles. The van der Waals surface area contributed by atoms with E-state index in [1.54, 1.807) is 0 Å². The van der Waals surface area contributed by atoms with Crippen LogP contribution in [-0.2, 0) is 0 Å². The maximum Gasteiger partial charge on any atom is 0.458 e. The third-order valence-electron chi connectivity index (χ3n) is 5.79. The molecule has 0 unspecified atom stereocenters. The molecular weight excluding hydrogens is 433 g/mol. The number of hydrogen-bond donors (Lipinski definition) is 0. The van der Waals surface area contributed by atoms with Gasteiger partial charge in [-0.25, -0.2) is 17.6 Å². The Bertz CT molecular complexity index is 1220. The molecule has 32 heavy (non-hydrogen) atoms. The average Bonchev–Trinajstić information content (AvgIpc) is 2.72. The summed E-state index contributed by atoms with van der Waals surface area (Å²) < 4.78 is 95.5. The van der Waals surface area contributed by atoms with Gasteiger partial charge in [0.05, 0.1) is 11.1 Å². The lowest BCUT2D eigenvalue weighted by Gasteiger charge is -2.22. The van der Waals surface area contributed by atoms with Crippen molar-refractivity contribution in [3.63, 3.8) is 0 Å². The summed E-state index contributed by atoms with van der Waals surface area (Å²) in [5.74, 6) is -1.71. The summed E-state index contributed by atoms with van der Waals surface area (Å²) in [4.78, 5) is 0. The molecule has 1 aliphatic rings. The second-order valence-electron chi connectivity index (χ2n) is 7.93. The highest BCUT2D eigenvalue weighted by molar-refractivity contribution is 5.89. The molecule has 3 aromatic rings. The van der Waals surface area contributed by atoms with E-state index in [9.17, 15) is 30.7 Å². The number of hydrogen-bond acceptors (Lipinski definition) is 0. The smallest absolute Gasteiger partial charge is 0.206 e. The van der Waals surface area contributed by atoms with Crippen molar-refractivity contribution in [2.24, 2.45) is 0 Å². The van der Waals surface area contributed by atoms with Gasteiger partial charge in [0.1, 0.15) is 23.3 Å². The predicted molar refractivity (Wildman–Crippen MR) is 108 cm³/mol. The van der Waals surface area contributed by atoms with E-state index in [4.69, 9.17) is 0 Å². The Kier molecular flexibility index (Phi) is 5.89. The van der Waals surface area contributed by atoms with E-state index in [1.165, 1.54) is 30.2 Å². The summed E-state index contributed by atoms with van der Waals surface area (Å²) in [5, 5.41) is -0.258. The topological polar surface area (TPSA) is 0 Å². The lowest BCUT2D eigenvalue weighted by atomic mass is 9.83. The molecule has 1 aliphatic carbocycles. The fraction of sp³-hybridized carbons (Fsp3) is 0.280. The first-order valence-electron chi connectivity index (χ1n) is 10.1. The van der Waals surface area contributed by atoms with E-state index in [0.717, 1.165) is 50.2 Å². The van der Waals surface area contributed by atoms with Crippen LogP contribution >= 0.6 is 0 Å². The molecule has 0 aliphatic heterocycles. The van der Waals surface area contributed by atoms with E-state index < -0.39 is 35.0 Å². The molecular formula is C25H17F7. The zero-order chi connectivity index (χ0) is 23.0. The Labute approximate surface area is 180 Å². The van der Waals surface area contributed by atoms with Crippen LogP contribution in [0.2, 0.25) is 0 Å². The number of rotatable bonds is 2. The largest absolute Gasteiger partial charge is 0.458 e. The highest BCUT2D eigenvalue weighted by atomic mass is 19.4. The Morgan fingerprint density at radius 2 is 1.44 bits per heavy atom. The zero-order valence-corrected chi connectivity index (χ0v) is 16.7. The number of fused-ring (bicyclic) bond motifs is 1. The van der Waals surface area contributed by atoms with Crippen molar-refractivity contribution in [2.75, 3.05) is 0 Å². The van der Waals surface area contributed by atoms with Crippen LogP contribution in [0.25, 0.3) is 21.9 Å². The van der Waals surface area contributed by atoms with Gasteiger partial charge < -0.3 is 0 Å². The van der Waals surface area contributed by atoms with E-state index in [2.05, 4.69) is 0 Å². The molecule has 0 saturated heterocycles. The summed E-state index contributed by atoms with van der Waals surface area (Å²) >= 11 is 0. The second-order valence-corrected chi connectivity index (χ2v) is 7.93. The quantitative estimate of drug-likeness (QED) is 0.274. The third kappa shape index (κ3) is 4.45. The highest BCUT2D eigenvalue weighted by Gasteiger charge is 2.24. The molecule has 0 N–H and O–H groups in total. The molecule has 0 bridgehead atoms. The average molecular weight is 450 g/mol. The van der Waals surface area contributed by atoms with E-state index in [1.807, 2.05) is 0 Å². The first kappa shape index (κ1) is 22.2. The first-order valence-corrected chi connectivity index (χ1v) is 10.1. The predicted octanol–water partition coefficient (Wildman–Crippen LogP) is 8.02. The van der Waals surface area contributed by atoms with Crippen LogP contribution < -0.4 is 0 Å². The molecule has 3 aromatic carbocycles. The Morgan fingerprint density at radius 1 is 0.781 bits per heavy atom. The van der Waals surface area contributed by atoms with Crippen LogP contribution in [0.3, 0.4) is 0 Å². The van der Waals surface area contributed by atoms with Gasteiger partial charge in [-0.2, -0.15) is 13.2 Å². The fourth-order valence-corrected chi connectivity index (χ4v) is 4.27. The van der Waals surface area contributed by atoms with Crippen LogP contribution in [0.4, 0.5) is 30.7 Å². The Morgan fingerprint density at radius 3 is 2.06 bits per heavy atom. The van der Waals surface area contributed by atoms with E-state index in [0.29, 0.717) is 5.56 Å². The standard InChI is InChI=1S/C25H17F7/c26-20-13-17-10-15(6-7-18(17)24(29)19(20)8-9-25(30,31)32)23-21(27)11-16(12-22(23)28)14-4-2-1-3-5-14/h6-7,10-14H,1-5H2. The van der Waals surface area contributed by atoms with Gasteiger partial charge in [0, 0.05) is 11.3 Å². The molecule has 0 amide bonds. The molecule has 0 nitrogen and oxygen atoms in total. The molecule has 4 rings (SSSR count). The fourth-order valence-electron chi connectivity index (χ4n) is 4.27. The Hall–Kier alpha value is -3.01. The van der Waals surface area contributed by atoms with Crippen LogP contribution in [0, 0.1) is 35.1 Å². The number of benzene rings is 3. The number of alkyl halides is 3. The van der Waals surface area contributed by atoms with Crippen LogP contribution in [-0.4, -0.2) is 6.18 Å². The van der Waals surface area contributed by atoms with E-state index in [-0.39, 0.29) is 27.8 Å². The third-order valence-corrected chi connectivity index (χ3v) is 5.79. The van der Waals surface area contributed by atoms with E-state index >= 15 is 0 Å². The molecule has 166 valence electrons. The molecule has 0 atom stereocenters. The van der Waals surface area contributed by atoms with Crippen molar-refractivity contribution in [2.45, 2.75) is 44.2 Å². The summed E-state index contributed by atoms with van der Waals surface area (Å²) in [6.45, 7) is 0. The maximum absolute atomic E-state index is 14.9. The van der Waals surface area contributed by atoms with Gasteiger partial charge >= 0.3 is 6.18 Å². The van der Waals surface area contributed by atoms with Crippen molar-refractivity contribution in [3.05, 3.63) is 70.8 Å². The molecule has 0 aromatic heterocycles. The van der Waals surface area contributed by atoms with Gasteiger partial charge in [-0.3, -0.25) is 0 Å². The monoisotopic (exact) mass is 450 g/mol. The summed E-state index contributed by atoms with van der Waals surface area (Å²) in [6.07, 6.45) is -0.0535. The van der Waals surface area contributed by atoms with Crippen LogP contribution in [0.5, 0.6) is 0 Å². The first-order chi connectivity index (χ1) is 15.1. The summed E-state index contributed by atoms with van der Waals surface area (Å²) in [7, 11) is 0. The Balaban J connectivity index is 1.76. The molecule has 0 spiro atoms. The van der Waals surface area contributed by atoms with Crippen molar-refractivity contribution in [1.82, 2.24) is 0 Å². The van der Waals surface area contributed by atoms with Gasteiger partial charge in [-0.15, -0.1) is 0 Å². The molecule has 1 fully saturated rings. The molecule has 0 radical (unpaired) electrons. The maximum atomic E-state index is 14.9. The van der Waals surface area contributed by atoms with Gasteiger partial charge in [-0.05, 0) is 59.5 Å². The minimum absolute atomic E-state index is 0.0507. The normalized spacial score (nSPS) is 15.0. The minimum Gasteiger partial charge on any atom is -0.206 e. The second kappa shape index (κ2) is 8.50. The summed E-state index contributed by atoms with van der Waals surface area (Å²) in [5.41, 5.74) is -0.685. The molecule has 7 heteroatoms. The highest BCUT2D eigenvalue weighted by Crippen LogP contribution is 2.37. The lowest BCUT2D eigenvalue weighted by molar-refractivity contribution is -0.0696. The van der Waals surface area contributed by atoms with Crippen molar-refractivity contribution in [1.29, 1.82) is 0 Å². The molecule has 1 saturated carbocycles. The van der Waals surface area contributed by atoms with Gasteiger partial charge in [0.25, 0.3) is 0 Å². The lowest BCUT2D eigenvalue weighted by Crippen LogP contribution is -2.06. The van der Waals surface area contributed by atoms with Gasteiger partial charge in [0.2, 0.25) is 0 Å². The van der Waals surface area contributed by atoms with Crippen molar-refractivity contribution < 1.29 is 30.7 Å². The van der Waals surface area contributed by atoms with Gasteiger partial charge in [-0.1, -0.05) is 37.3 Å². The van der Waals surface area contributed by atoms with Crippen molar-refractivity contribution in [3.8, 4) is 23.0 Å². The van der Waals surface area contributed by atoms with Crippen LogP contribution in [0.15, 0.2) is 36.4 Å². The van der Waals surface area contributed by atoms with Crippen LogP contribution in [0.1, 0.15) is 49.1 Å². The zero-order valence-electron chi connectivity index (χ0n) is 16.7. The van der Waals surface area contributed by atoms with Gasteiger partial charge in [0.15, 0.2) is 0 Å². The minimum atomic E-state index is -4.91. The summed E-state index contributed by atoms with van der Waals surface area (Å²) in [6, 6.07) is 6.99. The SMILES string of the molecule is Fc1cc2cc(-c3c(F)cc(C4CCCCC4)cc3F)ccc2c(F)c1C#CC(F)(F)F. The van der Waals surface area contributed by atoms with Crippen molar-refractivity contribution >= 4 is 10.8 Å².